The second-order valence-corrected chi connectivity index (χ2v) is 8.71. The smallest absolute Gasteiger partial charge is 0.264 e. The van der Waals surface area contributed by atoms with E-state index in [4.69, 9.17) is 4.84 Å². The van der Waals surface area contributed by atoms with Crippen molar-refractivity contribution in [3.8, 4) is 0 Å². The Bertz CT molecular complexity index is 832. The Balaban J connectivity index is 1.81. The molecule has 1 atom stereocenters. The van der Waals surface area contributed by atoms with E-state index in [1.165, 1.54) is 31.2 Å². The lowest BCUT2D eigenvalue weighted by atomic mass is 10.1. The molecular weight excluding hydrogens is 360 g/mol. The van der Waals surface area contributed by atoms with Gasteiger partial charge in [0, 0.05) is 24.0 Å². The van der Waals surface area contributed by atoms with E-state index >= 15 is 0 Å². The van der Waals surface area contributed by atoms with Gasteiger partial charge in [-0.1, -0.05) is 10.5 Å². The first-order chi connectivity index (χ1) is 11.9. The third-order valence-electron chi connectivity index (χ3n) is 4.38. The van der Waals surface area contributed by atoms with Gasteiger partial charge < -0.3 is 4.90 Å². The molecule has 1 amide bonds. The molecule has 134 valence electrons. The monoisotopic (exact) mass is 380 g/mol. The maximum Gasteiger partial charge on any atom is 0.264 e. The highest BCUT2D eigenvalue weighted by atomic mass is 32.2. The Morgan fingerprint density at radius 3 is 2.60 bits per heavy atom. The van der Waals surface area contributed by atoms with Crippen molar-refractivity contribution in [2.45, 2.75) is 23.8 Å². The average molecular weight is 380 g/mol. The quantitative estimate of drug-likeness (QED) is 0.748. The summed E-state index contributed by atoms with van der Waals surface area (Å²) >= 11 is 1.66. The zero-order chi connectivity index (χ0) is 18.0. The van der Waals surface area contributed by atoms with E-state index in [9.17, 15) is 13.2 Å². The number of thiophene rings is 1. The molecule has 8 heteroatoms. The molecule has 0 saturated carbocycles. The van der Waals surface area contributed by atoms with Gasteiger partial charge in [-0.2, -0.15) is 0 Å². The van der Waals surface area contributed by atoms with Crippen molar-refractivity contribution in [3.63, 3.8) is 0 Å². The summed E-state index contributed by atoms with van der Waals surface area (Å²) in [7, 11) is -1.10. The standard InChI is InChI=1S/C17H20N2O4S2/c1-18(23-2)25(21,22)14-9-7-13(8-10-14)17(20)19-11-3-5-15(19)16-6-4-12-24-16/h4,6-10,12,15H,3,5,11H2,1-2H3. The molecule has 1 unspecified atom stereocenters. The Hall–Kier alpha value is -1.74. The van der Waals surface area contributed by atoms with Gasteiger partial charge in [0.2, 0.25) is 0 Å². The normalized spacial score (nSPS) is 18.0. The molecular formula is C17H20N2O4S2. The molecule has 1 fully saturated rings. The average Bonchev–Trinajstić information content (AvgIpc) is 3.31. The summed E-state index contributed by atoms with van der Waals surface area (Å²) < 4.78 is 25.2. The minimum Gasteiger partial charge on any atom is -0.331 e. The minimum atomic E-state index is -3.71. The maximum atomic E-state index is 12.8. The number of hydrogen-bond acceptors (Lipinski definition) is 5. The summed E-state index contributed by atoms with van der Waals surface area (Å²) in [6.45, 7) is 0.716. The first kappa shape index (κ1) is 18.1. The predicted molar refractivity (Wildman–Crippen MR) is 95.7 cm³/mol. The molecule has 1 aromatic heterocycles. The first-order valence-corrected chi connectivity index (χ1v) is 10.2. The van der Waals surface area contributed by atoms with Crippen LogP contribution in [0.2, 0.25) is 0 Å². The molecule has 3 rings (SSSR count). The van der Waals surface area contributed by atoms with Crippen LogP contribution in [0.1, 0.15) is 34.1 Å². The van der Waals surface area contributed by atoms with Crippen molar-refractivity contribution in [3.05, 3.63) is 52.2 Å². The van der Waals surface area contributed by atoms with Crippen molar-refractivity contribution >= 4 is 27.3 Å². The van der Waals surface area contributed by atoms with E-state index in [1.807, 2.05) is 16.3 Å². The van der Waals surface area contributed by atoms with Gasteiger partial charge in [-0.25, -0.2) is 8.42 Å². The van der Waals surface area contributed by atoms with Crippen LogP contribution in [0.5, 0.6) is 0 Å². The van der Waals surface area contributed by atoms with Gasteiger partial charge in [-0.05, 0) is 48.6 Å². The Kier molecular flexibility index (Phi) is 5.24. The fourth-order valence-corrected chi connectivity index (χ4v) is 4.82. The second-order valence-electron chi connectivity index (χ2n) is 5.79. The van der Waals surface area contributed by atoms with Crippen LogP contribution in [0, 0.1) is 0 Å². The lowest BCUT2D eigenvalue weighted by Gasteiger charge is -2.24. The SMILES string of the molecule is CON(C)S(=O)(=O)c1ccc(C(=O)N2CCCC2c2cccs2)cc1. The molecule has 0 spiro atoms. The lowest BCUT2D eigenvalue weighted by Crippen LogP contribution is -2.30. The van der Waals surface area contributed by atoms with Crippen LogP contribution in [0.3, 0.4) is 0 Å². The molecule has 25 heavy (non-hydrogen) atoms. The highest BCUT2D eigenvalue weighted by Gasteiger charge is 2.31. The van der Waals surface area contributed by atoms with Crippen molar-refractivity contribution in [1.82, 2.24) is 9.37 Å². The van der Waals surface area contributed by atoms with E-state index in [0.717, 1.165) is 17.3 Å². The van der Waals surface area contributed by atoms with E-state index in [-0.39, 0.29) is 16.8 Å². The summed E-state index contributed by atoms with van der Waals surface area (Å²) in [5.41, 5.74) is 0.488. The van der Waals surface area contributed by atoms with Crippen molar-refractivity contribution in [2.75, 3.05) is 20.7 Å². The van der Waals surface area contributed by atoms with E-state index in [1.54, 1.807) is 23.5 Å². The summed E-state index contributed by atoms with van der Waals surface area (Å²) in [6.07, 6.45) is 1.93. The molecule has 1 aliphatic rings. The van der Waals surface area contributed by atoms with E-state index in [2.05, 4.69) is 6.07 Å². The summed E-state index contributed by atoms with van der Waals surface area (Å²) in [6, 6.07) is 10.1. The molecule has 1 saturated heterocycles. The molecule has 0 bridgehead atoms. The third kappa shape index (κ3) is 3.48. The van der Waals surface area contributed by atoms with Crippen LogP contribution in [-0.4, -0.2) is 44.4 Å². The fraction of sp³-hybridized carbons (Fsp3) is 0.353. The van der Waals surface area contributed by atoms with E-state index in [0.29, 0.717) is 12.1 Å². The first-order valence-electron chi connectivity index (χ1n) is 7.92. The van der Waals surface area contributed by atoms with Crippen molar-refractivity contribution in [1.29, 1.82) is 0 Å². The summed E-state index contributed by atoms with van der Waals surface area (Å²) in [4.78, 5) is 20.8. The number of amides is 1. The summed E-state index contributed by atoms with van der Waals surface area (Å²) in [5.74, 6) is -0.0695. The van der Waals surface area contributed by atoms with Crippen molar-refractivity contribution in [2.24, 2.45) is 0 Å². The second kappa shape index (κ2) is 7.25. The molecule has 2 aromatic rings. The van der Waals surface area contributed by atoms with Crippen LogP contribution in [0.25, 0.3) is 0 Å². The van der Waals surface area contributed by atoms with Gasteiger partial charge in [0.05, 0.1) is 18.0 Å². The van der Waals surface area contributed by atoms with Crippen LogP contribution >= 0.6 is 11.3 Å². The number of hydrogen-bond donors (Lipinski definition) is 0. The molecule has 1 aliphatic heterocycles. The largest absolute Gasteiger partial charge is 0.331 e. The van der Waals surface area contributed by atoms with Crippen LogP contribution in [0.15, 0.2) is 46.7 Å². The van der Waals surface area contributed by atoms with Gasteiger partial charge in [0.15, 0.2) is 0 Å². The lowest BCUT2D eigenvalue weighted by molar-refractivity contribution is -0.0258. The van der Waals surface area contributed by atoms with Gasteiger partial charge in [0.1, 0.15) is 0 Å². The van der Waals surface area contributed by atoms with E-state index < -0.39 is 10.0 Å². The molecule has 0 aliphatic carbocycles. The van der Waals surface area contributed by atoms with Gasteiger partial charge in [0.25, 0.3) is 15.9 Å². The molecule has 0 radical (unpaired) electrons. The highest BCUT2D eigenvalue weighted by molar-refractivity contribution is 7.89. The number of likely N-dealkylation sites (tertiary alicyclic amines) is 1. The number of carbonyl (C=O) groups is 1. The van der Waals surface area contributed by atoms with Gasteiger partial charge in [-0.15, -0.1) is 11.3 Å². The Morgan fingerprint density at radius 1 is 1.28 bits per heavy atom. The number of nitrogens with zero attached hydrogens (tertiary/aromatic N) is 2. The van der Waals surface area contributed by atoms with Crippen LogP contribution in [-0.2, 0) is 14.9 Å². The number of benzene rings is 1. The van der Waals surface area contributed by atoms with Crippen LogP contribution < -0.4 is 0 Å². The Morgan fingerprint density at radius 2 is 2.00 bits per heavy atom. The molecule has 6 nitrogen and oxygen atoms in total. The Labute approximate surface area is 151 Å². The topological polar surface area (TPSA) is 66.9 Å². The highest BCUT2D eigenvalue weighted by Crippen LogP contribution is 2.35. The molecule has 1 aromatic carbocycles. The minimum absolute atomic E-state index is 0.0695. The number of rotatable bonds is 5. The zero-order valence-electron chi connectivity index (χ0n) is 14.1. The molecule has 0 N–H and O–H groups in total. The van der Waals surface area contributed by atoms with Gasteiger partial charge in [-0.3, -0.25) is 9.63 Å². The number of carbonyl (C=O) groups excluding carboxylic acids is 1. The number of sulfonamides is 1. The van der Waals surface area contributed by atoms with Gasteiger partial charge >= 0.3 is 0 Å². The fourth-order valence-electron chi connectivity index (χ4n) is 2.97. The van der Waals surface area contributed by atoms with Crippen molar-refractivity contribution < 1.29 is 18.0 Å². The predicted octanol–water partition coefficient (Wildman–Crippen LogP) is 2.91. The summed E-state index contributed by atoms with van der Waals surface area (Å²) in [5, 5.41) is 2.02. The number of hydroxylamine groups is 1. The molecule has 2 heterocycles. The zero-order valence-corrected chi connectivity index (χ0v) is 15.7. The van der Waals surface area contributed by atoms with Crippen LogP contribution in [0.4, 0.5) is 0 Å². The maximum absolute atomic E-state index is 12.8. The third-order valence-corrected chi connectivity index (χ3v) is 7.05.